The first-order chi connectivity index (χ1) is 14.3. The van der Waals surface area contributed by atoms with Gasteiger partial charge in [0.05, 0.1) is 22.6 Å². The van der Waals surface area contributed by atoms with Crippen molar-refractivity contribution in [1.82, 2.24) is 14.5 Å². The summed E-state index contributed by atoms with van der Waals surface area (Å²) in [5, 5.41) is 0.574. The minimum Gasteiger partial charge on any atom is -0.333 e. The summed E-state index contributed by atoms with van der Waals surface area (Å²) in [7, 11) is 0. The molecule has 0 saturated carbocycles. The molecule has 3 rings (SSSR count). The van der Waals surface area contributed by atoms with Gasteiger partial charge in [0.15, 0.2) is 0 Å². The standard InChI is InChI=1S/C25H31N3O2/c1-6-10-23(29)27(16-17(2)3)19(5)24-26-22-14-8-7-13-21(22)25(30)28(24)20-12-9-11-18(4)15-20/h7-9,11-15,17,19H,6,10,16H2,1-5H3. The first-order valence-corrected chi connectivity index (χ1v) is 10.7. The van der Waals surface area contributed by atoms with Crippen LogP contribution in [0, 0.1) is 12.8 Å². The zero-order valence-electron chi connectivity index (χ0n) is 18.6. The van der Waals surface area contributed by atoms with E-state index in [1.807, 2.05) is 68.1 Å². The van der Waals surface area contributed by atoms with E-state index >= 15 is 0 Å². The van der Waals surface area contributed by atoms with Crippen molar-refractivity contribution in [2.75, 3.05) is 6.54 Å². The summed E-state index contributed by atoms with van der Waals surface area (Å²) in [6.45, 7) is 10.8. The van der Waals surface area contributed by atoms with Crippen molar-refractivity contribution in [1.29, 1.82) is 0 Å². The van der Waals surface area contributed by atoms with Crippen LogP contribution in [0.3, 0.4) is 0 Å². The third-order valence-electron chi connectivity index (χ3n) is 5.25. The number of carbonyl (C=O) groups is 1. The minimum atomic E-state index is -0.329. The summed E-state index contributed by atoms with van der Waals surface area (Å²) >= 11 is 0. The summed E-state index contributed by atoms with van der Waals surface area (Å²) in [6, 6.07) is 14.9. The molecule has 5 nitrogen and oxygen atoms in total. The van der Waals surface area contributed by atoms with Crippen LogP contribution >= 0.6 is 0 Å². The van der Waals surface area contributed by atoms with Gasteiger partial charge >= 0.3 is 0 Å². The molecule has 2 aromatic carbocycles. The molecule has 0 aliphatic rings. The fourth-order valence-corrected chi connectivity index (χ4v) is 3.81. The zero-order chi connectivity index (χ0) is 21.8. The molecule has 5 heteroatoms. The topological polar surface area (TPSA) is 55.2 Å². The highest BCUT2D eigenvalue weighted by molar-refractivity contribution is 5.79. The molecule has 1 unspecified atom stereocenters. The maximum Gasteiger partial charge on any atom is 0.266 e. The first-order valence-electron chi connectivity index (χ1n) is 10.7. The molecule has 0 aliphatic heterocycles. The number of hydrogen-bond donors (Lipinski definition) is 0. The van der Waals surface area contributed by atoms with Crippen LogP contribution in [0.4, 0.5) is 0 Å². The Hall–Kier alpha value is -2.95. The van der Waals surface area contributed by atoms with E-state index in [2.05, 4.69) is 13.8 Å². The van der Waals surface area contributed by atoms with Crippen LogP contribution in [-0.2, 0) is 4.79 Å². The molecule has 1 atom stereocenters. The molecule has 30 heavy (non-hydrogen) atoms. The Bertz CT molecular complexity index is 1100. The molecule has 0 spiro atoms. The van der Waals surface area contributed by atoms with Crippen LogP contribution in [0.2, 0.25) is 0 Å². The highest BCUT2D eigenvalue weighted by Gasteiger charge is 2.27. The maximum absolute atomic E-state index is 13.5. The van der Waals surface area contributed by atoms with Gasteiger partial charge in [0.2, 0.25) is 5.91 Å². The number of aryl methyl sites for hydroxylation is 1. The van der Waals surface area contributed by atoms with E-state index < -0.39 is 0 Å². The average molecular weight is 406 g/mol. The molecule has 1 amide bonds. The van der Waals surface area contributed by atoms with E-state index in [1.54, 1.807) is 10.6 Å². The molecule has 1 heterocycles. The van der Waals surface area contributed by atoms with E-state index in [0.717, 1.165) is 17.7 Å². The van der Waals surface area contributed by atoms with Gasteiger partial charge in [0, 0.05) is 13.0 Å². The number of benzene rings is 2. The lowest BCUT2D eigenvalue weighted by molar-refractivity contribution is -0.134. The van der Waals surface area contributed by atoms with Crippen LogP contribution in [0.5, 0.6) is 0 Å². The van der Waals surface area contributed by atoms with Crippen molar-refractivity contribution in [2.24, 2.45) is 5.92 Å². The number of amides is 1. The van der Waals surface area contributed by atoms with Gasteiger partial charge in [-0.25, -0.2) is 4.98 Å². The van der Waals surface area contributed by atoms with E-state index in [0.29, 0.717) is 35.6 Å². The summed E-state index contributed by atoms with van der Waals surface area (Å²) in [4.78, 5) is 33.2. The van der Waals surface area contributed by atoms with Crippen molar-refractivity contribution in [3.05, 3.63) is 70.3 Å². The van der Waals surface area contributed by atoms with Crippen molar-refractivity contribution in [2.45, 2.75) is 53.5 Å². The van der Waals surface area contributed by atoms with Crippen molar-refractivity contribution >= 4 is 16.8 Å². The Morgan fingerprint density at radius 3 is 2.50 bits per heavy atom. The Morgan fingerprint density at radius 2 is 1.83 bits per heavy atom. The quantitative estimate of drug-likeness (QED) is 0.553. The summed E-state index contributed by atoms with van der Waals surface area (Å²) < 4.78 is 1.67. The maximum atomic E-state index is 13.5. The summed E-state index contributed by atoms with van der Waals surface area (Å²) in [5.74, 6) is 0.999. The number of carbonyl (C=O) groups excluding carboxylic acids is 1. The average Bonchev–Trinajstić information content (AvgIpc) is 2.71. The molecule has 0 N–H and O–H groups in total. The van der Waals surface area contributed by atoms with Gasteiger partial charge in [-0.15, -0.1) is 0 Å². The molecule has 158 valence electrons. The fraction of sp³-hybridized carbons (Fsp3) is 0.400. The third-order valence-corrected chi connectivity index (χ3v) is 5.25. The normalized spacial score (nSPS) is 12.3. The lowest BCUT2D eigenvalue weighted by atomic mass is 10.1. The highest BCUT2D eigenvalue weighted by Crippen LogP contribution is 2.25. The number of nitrogens with zero attached hydrogens (tertiary/aromatic N) is 3. The molecule has 0 saturated heterocycles. The van der Waals surface area contributed by atoms with E-state index in [4.69, 9.17) is 4.98 Å². The van der Waals surface area contributed by atoms with Crippen molar-refractivity contribution in [3.8, 4) is 5.69 Å². The number of fused-ring (bicyclic) bond motifs is 1. The molecule has 0 aliphatic carbocycles. The molecule has 0 bridgehead atoms. The van der Waals surface area contributed by atoms with Crippen molar-refractivity contribution < 1.29 is 4.79 Å². The van der Waals surface area contributed by atoms with Crippen molar-refractivity contribution in [3.63, 3.8) is 0 Å². The largest absolute Gasteiger partial charge is 0.333 e. The van der Waals surface area contributed by atoms with Crippen LogP contribution in [0.1, 0.15) is 58.0 Å². The van der Waals surface area contributed by atoms with Gasteiger partial charge < -0.3 is 4.90 Å². The lowest BCUT2D eigenvalue weighted by Crippen LogP contribution is -2.39. The number of para-hydroxylation sites is 1. The second kappa shape index (κ2) is 9.24. The molecule has 0 fully saturated rings. The minimum absolute atomic E-state index is 0.0944. The van der Waals surface area contributed by atoms with Gasteiger partial charge in [-0.05, 0) is 56.0 Å². The molecular formula is C25H31N3O2. The number of hydrogen-bond acceptors (Lipinski definition) is 3. The Balaban J connectivity index is 2.25. The summed E-state index contributed by atoms with van der Waals surface area (Å²) in [6.07, 6.45) is 1.27. The zero-order valence-corrected chi connectivity index (χ0v) is 18.6. The second-order valence-electron chi connectivity index (χ2n) is 8.33. The fourth-order valence-electron chi connectivity index (χ4n) is 3.81. The predicted molar refractivity (Wildman–Crippen MR) is 122 cm³/mol. The number of rotatable bonds is 7. The lowest BCUT2D eigenvalue weighted by Gasteiger charge is -2.32. The monoisotopic (exact) mass is 405 g/mol. The van der Waals surface area contributed by atoms with Gasteiger partial charge in [-0.2, -0.15) is 0 Å². The number of aromatic nitrogens is 2. The van der Waals surface area contributed by atoms with E-state index in [9.17, 15) is 9.59 Å². The molecule has 1 aromatic heterocycles. The molecular weight excluding hydrogens is 374 g/mol. The van der Waals surface area contributed by atoms with Gasteiger partial charge in [-0.1, -0.05) is 45.0 Å². The molecule has 3 aromatic rings. The van der Waals surface area contributed by atoms with Crippen LogP contribution in [0.15, 0.2) is 53.3 Å². The van der Waals surface area contributed by atoms with Gasteiger partial charge in [0.25, 0.3) is 5.56 Å². The van der Waals surface area contributed by atoms with Gasteiger partial charge in [-0.3, -0.25) is 14.2 Å². The highest BCUT2D eigenvalue weighted by atomic mass is 16.2. The third kappa shape index (κ3) is 4.45. The summed E-state index contributed by atoms with van der Waals surface area (Å²) in [5.41, 5.74) is 2.38. The van der Waals surface area contributed by atoms with Crippen LogP contribution < -0.4 is 5.56 Å². The Labute approximate surface area is 178 Å². The second-order valence-corrected chi connectivity index (χ2v) is 8.33. The van der Waals surface area contributed by atoms with E-state index in [-0.39, 0.29) is 17.5 Å². The Kier molecular flexibility index (Phi) is 6.70. The van der Waals surface area contributed by atoms with Gasteiger partial charge in [0.1, 0.15) is 5.82 Å². The predicted octanol–water partition coefficient (Wildman–Crippen LogP) is 5.04. The van der Waals surface area contributed by atoms with Crippen LogP contribution in [-0.4, -0.2) is 26.9 Å². The smallest absolute Gasteiger partial charge is 0.266 e. The van der Waals surface area contributed by atoms with Crippen LogP contribution in [0.25, 0.3) is 16.6 Å². The molecule has 0 radical (unpaired) electrons. The van der Waals surface area contributed by atoms with E-state index in [1.165, 1.54) is 0 Å². The SMILES string of the molecule is CCCC(=O)N(CC(C)C)C(C)c1nc2ccccc2c(=O)n1-c1cccc(C)c1. The first kappa shape index (κ1) is 21.8. The Morgan fingerprint density at radius 1 is 1.10 bits per heavy atom.